The standard InChI is InChI=1S/C19H28Cl2FN3O5/c1-8(2)28-17(26)10-7-11(29-9(3)12-13(20)15(22)14(12)21)16(25-24-10)23-18(27)30-19(4,5)6/h7-9,12-15,24-25H,1-6H3,(H,23,27). The molecule has 0 saturated heterocycles. The maximum absolute atomic E-state index is 13.7. The SMILES string of the molecule is CC(C)OC(=O)C1=CC(OC(C)C2C(Cl)C(F)C2Cl)=C(NC(=O)OC(C)(C)C)NN1. The summed E-state index contributed by atoms with van der Waals surface area (Å²) in [5, 5.41) is 0.927. The molecule has 1 aliphatic carbocycles. The second kappa shape index (κ2) is 9.51. The fourth-order valence-corrected chi connectivity index (χ4v) is 4.02. The van der Waals surface area contributed by atoms with E-state index in [4.69, 9.17) is 37.4 Å². The van der Waals surface area contributed by atoms with E-state index in [-0.39, 0.29) is 23.4 Å². The lowest BCUT2D eigenvalue weighted by Crippen LogP contribution is -2.56. The third-order valence-electron chi connectivity index (χ3n) is 4.23. The van der Waals surface area contributed by atoms with E-state index < -0.39 is 46.6 Å². The highest BCUT2D eigenvalue weighted by Crippen LogP contribution is 2.43. The molecule has 0 aromatic heterocycles. The number of carbonyl (C=O) groups excluding carboxylic acids is 2. The van der Waals surface area contributed by atoms with Crippen molar-refractivity contribution in [1.29, 1.82) is 0 Å². The van der Waals surface area contributed by atoms with Crippen molar-refractivity contribution in [3.05, 3.63) is 23.4 Å². The van der Waals surface area contributed by atoms with Crippen molar-refractivity contribution in [3.63, 3.8) is 0 Å². The molecular formula is C19H28Cl2FN3O5. The summed E-state index contributed by atoms with van der Waals surface area (Å²) in [7, 11) is 0. The minimum absolute atomic E-state index is 0.0578. The van der Waals surface area contributed by atoms with Crippen molar-refractivity contribution >= 4 is 35.3 Å². The smallest absolute Gasteiger partial charge is 0.413 e. The van der Waals surface area contributed by atoms with Crippen LogP contribution in [0, 0.1) is 5.92 Å². The van der Waals surface area contributed by atoms with Crippen LogP contribution in [0.25, 0.3) is 0 Å². The number of hydrazine groups is 1. The molecule has 1 amide bonds. The van der Waals surface area contributed by atoms with Crippen molar-refractivity contribution in [2.45, 2.75) is 76.3 Å². The first-order chi connectivity index (χ1) is 13.8. The first-order valence-electron chi connectivity index (χ1n) is 9.58. The summed E-state index contributed by atoms with van der Waals surface area (Å²) in [6.45, 7) is 10.3. The van der Waals surface area contributed by atoms with E-state index in [2.05, 4.69) is 16.2 Å². The summed E-state index contributed by atoms with van der Waals surface area (Å²) in [6, 6.07) is 0. The summed E-state index contributed by atoms with van der Waals surface area (Å²) in [4.78, 5) is 24.4. The second-order valence-corrected chi connectivity index (χ2v) is 9.37. The van der Waals surface area contributed by atoms with Crippen LogP contribution in [0.2, 0.25) is 0 Å². The number of hydrogen-bond donors (Lipinski definition) is 3. The van der Waals surface area contributed by atoms with Crippen LogP contribution in [0.5, 0.6) is 0 Å². The fourth-order valence-electron chi connectivity index (χ4n) is 2.84. The fraction of sp³-hybridized carbons (Fsp3) is 0.684. The molecule has 0 spiro atoms. The summed E-state index contributed by atoms with van der Waals surface area (Å²) < 4.78 is 30.0. The highest BCUT2D eigenvalue weighted by molar-refractivity contribution is 6.28. The number of carbonyl (C=O) groups is 2. The lowest BCUT2D eigenvalue weighted by molar-refractivity contribution is -0.143. The van der Waals surface area contributed by atoms with Gasteiger partial charge in [0.2, 0.25) is 0 Å². The average Bonchev–Trinajstić information content (AvgIpc) is 2.60. The molecule has 3 N–H and O–H groups in total. The number of nitrogens with one attached hydrogen (secondary N) is 3. The maximum Gasteiger partial charge on any atom is 0.413 e. The van der Waals surface area contributed by atoms with Crippen LogP contribution >= 0.6 is 23.2 Å². The maximum atomic E-state index is 13.7. The predicted molar refractivity (Wildman–Crippen MR) is 110 cm³/mol. The summed E-state index contributed by atoms with van der Waals surface area (Å²) in [5.74, 6) is -0.878. The van der Waals surface area contributed by atoms with Crippen molar-refractivity contribution < 1.29 is 28.2 Å². The third-order valence-corrected chi connectivity index (χ3v) is 5.29. The Bertz CT molecular complexity index is 728. The Kier molecular flexibility index (Phi) is 7.74. The van der Waals surface area contributed by atoms with E-state index in [0.717, 1.165) is 0 Å². The first-order valence-corrected chi connectivity index (χ1v) is 10.4. The molecular weight excluding hydrogens is 440 g/mol. The van der Waals surface area contributed by atoms with Gasteiger partial charge in [0.15, 0.2) is 11.6 Å². The highest BCUT2D eigenvalue weighted by Gasteiger charge is 2.53. The van der Waals surface area contributed by atoms with Gasteiger partial charge in [0.25, 0.3) is 0 Å². The zero-order chi connectivity index (χ0) is 22.8. The summed E-state index contributed by atoms with van der Waals surface area (Å²) >= 11 is 12.1. The number of hydrogen-bond acceptors (Lipinski definition) is 7. The summed E-state index contributed by atoms with van der Waals surface area (Å²) in [6.07, 6.45) is -1.65. The molecule has 2 rings (SSSR count). The van der Waals surface area contributed by atoms with E-state index in [1.807, 2.05) is 0 Å². The summed E-state index contributed by atoms with van der Waals surface area (Å²) in [5.41, 5.74) is 4.67. The Morgan fingerprint density at radius 1 is 1.17 bits per heavy atom. The van der Waals surface area contributed by atoms with Gasteiger partial charge in [-0.05, 0) is 41.5 Å². The van der Waals surface area contributed by atoms with Crippen molar-refractivity contribution in [3.8, 4) is 0 Å². The van der Waals surface area contributed by atoms with Crippen molar-refractivity contribution in [2.24, 2.45) is 5.92 Å². The van der Waals surface area contributed by atoms with E-state index in [0.29, 0.717) is 0 Å². The molecule has 1 fully saturated rings. The van der Waals surface area contributed by atoms with Crippen LogP contribution < -0.4 is 16.2 Å². The van der Waals surface area contributed by atoms with Gasteiger partial charge in [0, 0.05) is 12.0 Å². The molecule has 2 aliphatic rings. The van der Waals surface area contributed by atoms with Crippen LogP contribution in [0.1, 0.15) is 41.5 Å². The molecule has 8 nitrogen and oxygen atoms in total. The van der Waals surface area contributed by atoms with Gasteiger partial charge in [-0.2, -0.15) is 0 Å². The number of allylic oxidation sites excluding steroid dienone is 1. The van der Waals surface area contributed by atoms with E-state index in [1.54, 1.807) is 41.5 Å². The molecule has 30 heavy (non-hydrogen) atoms. The van der Waals surface area contributed by atoms with Gasteiger partial charge < -0.3 is 14.2 Å². The Labute approximate surface area is 185 Å². The second-order valence-electron chi connectivity index (χ2n) is 8.36. The molecule has 170 valence electrons. The molecule has 0 radical (unpaired) electrons. The Morgan fingerprint density at radius 2 is 1.77 bits per heavy atom. The van der Waals surface area contributed by atoms with Gasteiger partial charge in [-0.3, -0.25) is 16.2 Å². The van der Waals surface area contributed by atoms with Crippen LogP contribution in [-0.4, -0.2) is 46.8 Å². The predicted octanol–water partition coefficient (Wildman–Crippen LogP) is 3.21. The monoisotopic (exact) mass is 467 g/mol. The topological polar surface area (TPSA) is 97.9 Å². The number of alkyl carbamates (subject to hydrolysis) is 1. The van der Waals surface area contributed by atoms with Gasteiger partial charge in [0.05, 0.1) is 16.9 Å². The molecule has 1 saturated carbocycles. The molecule has 3 atom stereocenters. The zero-order valence-electron chi connectivity index (χ0n) is 17.7. The molecule has 0 bridgehead atoms. The van der Waals surface area contributed by atoms with Crippen molar-refractivity contribution in [2.75, 3.05) is 0 Å². The molecule has 0 aromatic carbocycles. The van der Waals surface area contributed by atoms with Gasteiger partial charge in [0.1, 0.15) is 23.6 Å². The molecule has 1 heterocycles. The lowest BCUT2D eigenvalue weighted by atomic mass is 9.78. The van der Waals surface area contributed by atoms with E-state index >= 15 is 0 Å². The first kappa shape index (κ1) is 24.4. The molecule has 0 aromatic rings. The van der Waals surface area contributed by atoms with Gasteiger partial charge >= 0.3 is 12.1 Å². The third kappa shape index (κ3) is 6.07. The normalized spacial score (nSPS) is 27.2. The molecule has 11 heteroatoms. The number of halogens is 3. The van der Waals surface area contributed by atoms with Crippen LogP contribution in [0.3, 0.4) is 0 Å². The quantitative estimate of drug-likeness (QED) is 0.407. The van der Waals surface area contributed by atoms with Gasteiger partial charge in [-0.1, -0.05) is 0 Å². The largest absolute Gasteiger partial charge is 0.486 e. The Balaban J connectivity index is 2.24. The number of alkyl halides is 3. The minimum Gasteiger partial charge on any atom is -0.486 e. The van der Waals surface area contributed by atoms with E-state index in [9.17, 15) is 14.0 Å². The van der Waals surface area contributed by atoms with Crippen LogP contribution in [0.4, 0.5) is 9.18 Å². The van der Waals surface area contributed by atoms with Crippen LogP contribution in [-0.2, 0) is 19.0 Å². The van der Waals surface area contributed by atoms with Crippen molar-refractivity contribution in [1.82, 2.24) is 16.2 Å². The molecule has 3 unspecified atom stereocenters. The lowest BCUT2D eigenvalue weighted by Gasteiger charge is -2.44. The van der Waals surface area contributed by atoms with Crippen LogP contribution in [0.15, 0.2) is 23.4 Å². The van der Waals surface area contributed by atoms with Gasteiger partial charge in [-0.15, -0.1) is 23.2 Å². The molecule has 1 aliphatic heterocycles. The highest BCUT2D eigenvalue weighted by atomic mass is 35.5. The average molecular weight is 468 g/mol. The number of rotatable bonds is 6. The Morgan fingerprint density at radius 3 is 2.30 bits per heavy atom. The Hall–Kier alpha value is -1.87. The minimum atomic E-state index is -1.34. The number of esters is 1. The number of amides is 1. The number of ether oxygens (including phenoxy) is 3. The zero-order valence-corrected chi connectivity index (χ0v) is 19.2. The van der Waals surface area contributed by atoms with E-state index in [1.165, 1.54) is 6.08 Å². The van der Waals surface area contributed by atoms with Gasteiger partial charge in [-0.25, -0.2) is 14.0 Å².